The molecule has 248 valence electrons. The number of hydrogen-bond donors (Lipinski definition) is 3. The smallest absolute Gasteiger partial charge is 0.497 e. The molecule has 3 N–H and O–H groups in total. The Morgan fingerprint density at radius 3 is 2.30 bits per heavy atom. The monoisotopic (exact) mass is 640 g/mol. The van der Waals surface area contributed by atoms with Crippen LogP contribution in [0.25, 0.3) is 0 Å². The topological polar surface area (TPSA) is 91.3 Å². The maximum Gasteiger partial charge on any atom is 0.573 e. The van der Waals surface area contributed by atoms with Gasteiger partial charge in [0.2, 0.25) is 0 Å². The van der Waals surface area contributed by atoms with E-state index in [0.29, 0.717) is 35.8 Å². The van der Waals surface area contributed by atoms with Crippen LogP contribution >= 0.6 is 0 Å². The van der Waals surface area contributed by atoms with Gasteiger partial charge in [-0.15, -0.1) is 13.2 Å². The van der Waals surface area contributed by atoms with Crippen molar-refractivity contribution in [1.29, 1.82) is 0 Å². The number of carbonyl (C=O) groups is 1. The molecule has 2 aromatic carbocycles. The average molecular weight is 641 g/mol. The van der Waals surface area contributed by atoms with Gasteiger partial charge < -0.3 is 29.9 Å². The summed E-state index contributed by atoms with van der Waals surface area (Å²) in [6, 6.07) is 12.0. The molecule has 0 spiro atoms. The highest BCUT2D eigenvalue weighted by Crippen LogP contribution is 2.66. The Bertz CT molecular complexity index is 1510. The number of allylic oxidation sites excluding steroid dienone is 3. The van der Waals surface area contributed by atoms with Gasteiger partial charge in [0.1, 0.15) is 11.5 Å². The number of anilines is 1. The summed E-state index contributed by atoms with van der Waals surface area (Å²) in [4.78, 5) is 15.4. The number of nitrogens with one attached hydrogen (secondary N) is 1. The first-order valence-corrected chi connectivity index (χ1v) is 16.1. The number of aliphatic hydroxyl groups is 2. The first-order chi connectivity index (χ1) is 21.7. The molecule has 6 atom stereocenters. The molecule has 4 aliphatic carbocycles. The van der Waals surface area contributed by atoms with Gasteiger partial charge in [0.15, 0.2) is 0 Å². The normalized spacial score (nSPS) is 31.9. The van der Waals surface area contributed by atoms with E-state index in [9.17, 15) is 28.2 Å². The number of alkyl halides is 3. The van der Waals surface area contributed by atoms with Crippen LogP contribution in [-0.2, 0) is 6.54 Å². The second-order valence-electron chi connectivity index (χ2n) is 14.0. The molecule has 6 unspecified atom stereocenters. The largest absolute Gasteiger partial charge is 0.573 e. The van der Waals surface area contributed by atoms with Crippen molar-refractivity contribution < 1.29 is 37.7 Å². The van der Waals surface area contributed by atoms with Crippen LogP contribution in [0.1, 0.15) is 64.4 Å². The fraction of sp³-hybridized carbons (Fsp3) is 0.528. The standard InChI is InChI=1S/C36H43F3N2O5/c1-33-17-14-26(42)20-24(33)6-13-29-30(33)15-18-34(2)31(29)16-19-35(34,44)22-41(32(43)40-25-7-11-27(45-3)12-8-25)21-23-4-9-28(10-5-23)46-36(37,38)39/h4-13,26,30-31,42,44H,14-22H2,1-3H3,(H,40,43). The summed E-state index contributed by atoms with van der Waals surface area (Å²) in [5.74, 6) is 0.824. The van der Waals surface area contributed by atoms with E-state index < -0.39 is 23.4 Å². The minimum absolute atomic E-state index is 0.0115. The summed E-state index contributed by atoms with van der Waals surface area (Å²) in [6.07, 6.45) is 4.86. The lowest BCUT2D eigenvalue weighted by Crippen LogP contribution is -2.57. The molecule has 0 aliphatic heterocycles. The van der Waals surface area contributed by atoms with Gasteiger partial charge in [-0.1, -0.05) is 49.3 Å². The number of methoxy groups -OCH3 is 1. The summed E-state index contributed by atoms with van der Waals surface area (Å²) in [6.45, 7) is 4.62. The molecule has 0 bridgehead atoms. The number of halogens is 3. The SMILES string of the molecule is COc1ccc(NC(=O)N(Cc2ccc(OC(F)(F)F)cc2)CC2(O)CCC3C4=CC=C5CC(O)CCC5(C)C4CCC32C)cc1. The Hall–Kier alpha value is -3.50. The number of urea groups is 1. The van der Waals surface area contributed by atoms with Crippen LogP contribution in [0.5, 0.6) is 11.5 Å². The molecule has 3 saturated carbocycles. The van der Waals surface area contributed by atoms with Crippen LogP contribution < -0.4 is 14.8 Å². The van der Waals surface area contributed by atoms with Crippen LogP contribution in [0.3, 0.4) is 0 Å². The number of fused-ring (bicyclic) bond motifs is 5. The van der Waals surface area contributed by atoms with E-state index in [1.807, 2.05) is 0 Å². The van der Waals surface area contributed by atoms with Crippen LogP contribution in [0.4, 0.5) is 23.7 Å². The van der Waals surface area contributed by atoms with Gasteiger partial charge >= 0.3 is 12.4 Å². The Morgan fingerprint density at radius 1 is 0.957 bits per heavy atom. The van der Waals surface area contributed by atoms with Crippen LogP contribution in [0.15, 0.2) is 71.8 Å². The van der Waals surface area contributed by atoms with Gasteiger partial charge in [-0.2, -0.15) is 0 Å². The number of aliphatic hydroxyl groups excluding tert-OH is 1. The summed E-state index contributed by atoms with van der Waals surface area (Å²) in [5.41, 5.74) is 2.20. The van der Waals surface area contributed by atoms with E-state index >= 15 is 0 Å². The Balaban J connectivity index is 1.26. The molecule has 2 aromatic rings. The lowest BCUT2D eigenvalue weighted by Gasteiger charge is -2.56. The Labute approximate surface area is 268 Å². The third kappa shape index (κ3) is 6.01. The summed E-state index contributed by atoms with van der Waals surface area (Å²) in [5, 5.41) is 25.8. The molecule has 3 fully saturated rings. The number of hydrogen-bond acceptors (Lipinski definition) is 5. The van der Waals surface area contributed by atoms with Crippen molar-refractivity contribution in [2.75, 3.05) is 19.0 Å². The van der Waals surface area contributed by atoms with E-state index in [1.54, 1.807) is 36.3 Å². The van der Waals surface area contributed by atoms with Gasteiger partial charge in [-0.25, -0.2) is 4.79 Å². The zero-order valence-corrected chi connectivity index (χ0v) is 26.6. The number of carbonyl (C=O) groups excluding carboxylic acids is 1. The predicted octanol–water partition coefficient (Wildman–Crippen LogP) is 7.60. The van der Waals surface area contributed by atoms with Crippen molar-refractivity contribution in [2.45, 2.75) is 83.4 Å². The Kier molecular flexibility index (Phi) is 8.42. The van der Waals surface area contributed by atoms with Gasteiger partial charge in [-0.05, 0) is 104 Å². The molecule has 0 radical (unpaired) electrons. The van der Waals surface area contributed by atoms with Crippen molar-refractivity contribution in [1.82, 2.24) is 4.90 Å². The number of ether oxygens (including phenoxy) is 2. The number of nitrogens with zero attached hydrogens (tertiary/aromatic N) is 1. The van der Waals surface area contributed by atoms with Gasteiger partial charge in [-0.3, -0.25) is 0 Å². The minimum atomic E-state index is -4.80. The lowest BCUT2D eigenvalue weighted by molar-refractivity contribution is -0.274. The van der Waals surface area contributed by atoms with Crippen molar-refractivity contribution >= 4 is 11.7 Å². The fourth-order valence-corrected chi connectivity index (χ4v) is 8.76. The molecule has 0 aromatic heterocycles. The summed E-state index contributed by atoms with van der Waals surface area (Å²) >= 11 is 0. The molecule has 46 heavy (non-hydrogen) atoms. The van der Waals surface area contributed by atoms with E-state index in [4.69, 9.17) is 4.74 Å². The molecule has 2 amide bonds. The molecular weight excluding hydrogens is 597 g/mol. The van der Waals surface area contributed by atoms with E-state index in [1.165, 1.54) is 35.4 Å². The first-order valence-electron chi connectivity index (χ1n) is 16.1. The highest BCUT2D eigenvalue weighted by molar-refractivity contribution is 5.89. The highest BCUT2D eigenvalue weighted by atomic mass is 19.4. The van der Waals surface area contributed by atoms with Crippen molar-refractivity contribution in [3.05, 3.63) is 77.4 Å². The second-order valence-corrected chi connectivity index (χ2v) is 14.0. The fourth-order valence-electron chi connectivity index (χ4n) is 8.76. The van der Waals surface area contributed by atoms with Gasteiger partial charge in [0.05, 0.1) is 25.4 Å². The Morgan fingerprint density at radius 2 is 1.63 bits per heavy atom. The van der Waals surface area contributed by atoms with E-state index in [2.05, 4.69) is 36.1 Å². The highest BCUT2D eigenvalue weighted by Gasteiger charge is 2.62. The third-order valence-electron chi connectivity index (χ3n) is 11.5. The number of amides is 2. The summed E-state index contributed by atoms with van der Waals surface area (Å²) in [7, 11) is 1.56. The lowest BCUT2D eigenvalue weighted by atomic mass is 9.50. The van der Waals surface area contributed by atoms with Gasteiger partial charge in [0, 0.05) is 17.6 Å². The molecule has 7 nitrogen and oxygen atoms in total. The average Bonchev–Trinajstić information content (AvgIpc) is 3.27. The number of benzene rings is 2. The maximum absolute atomic E-state index is 13.8. The van der Waals surface area contributed by atoms with Crippen molar-refractivity contribution in [3.63, 3.8) is 0 Å². The third-order valence-corrected chi connectivity index (χ3v) is 11.5. The summed E-state index contributed by atoms with van der Waals surface area (Å²) < 4.78 is 47.5. The molecule has 0 heterocycles. The quantitative estimate of drug-likeness (QED) is 0.290. The van der Waals surface area contributed by atoms with Crippen molar-refractivity contribution in [3.8, 4) is 11.5 Å². The second kappa shape index (κ2) is 11.9. The molecule has 0 saturated heterocycles. The van der Waals surface area contributed by atoms with Crippen LogP contribution in [0, 0.1) is 22.7 Å². The van der Waals surface area contributed by atoms with E-state index in [-0.39, 0.29) is 36.3 Å². The first kappa shape index (κ1) is 32.4. The maximum atomic E-state index is 13.8. The molecule has 10 heteroatoms. The predicted molar refractivity (Wildman–Crippen MR) is 168 cm³/mol. The molecule has 6 rings (SSSR count). The minimum Gasteiger partial charge on any atom is -0.497 e. The van der Waals surface area contributed by atoms with Gasteiger partial charge in [0.25, 0.3) is 0 Å². The number of rotatable bonds is 7. The van der Waals surface area contributed by atoms with E-state index in [0.717, 1.165) is 32.1 Å². The van der Waals surface area contributed by atoms with Crippen LogP contribution in [-0.4, -0.2) is 52.9 Å². The van der Waals surface area contributed by atoms with Crippen molar-refractivity contribution in [2.24, 2.45) is 22.7 Å². The zero-order valence-electron chi connectivity index (χ0n) is 26.6. The zero-order chi connectivity index (χ0) is 32.9. The van der Waals surface area contributed by atoms with Crippen LogP contribution in [0.2, 0.25) is 0 Å². The molecular formula is C36H43F3N2O5. The molecule has 4 aliphatic rings.